The number of carbonyl (C=O) groups is 1. The van der Waals surface area contributed by atoms with Gasteiger partial charge in [0, 0.05) is 33.2 Å². The van der Waals surface area contributed by atoms with Crippen LogP contribution in [0.5, 0.6) is 0 Å². The van der Waals surface area contributed by atoms with Crippen LogP contribution in [0.1, 0.15) is 0 Å². The van der Waals surface area contributed by atoms with Gasteiger partial charge in [-0.25, -0.2) is 12.7 Å². The fourth-order valence-electron chi connectivity index (χ4n) is 1.97. The lowest BCUT2D eigenvalue weighted by Crippen LogP contribution is -2.34. The van der Waals surface area contributed by atoms with E-state index in [9.17, 15) is 13.2 Å². The molecule has 0 saturated carbocycles. The third kappa shape index (κ3) is 2.93. The molecule has 1 N–H and O–H groups in total. The van der Waals surface area contributed by atoms with E-state index in [1.54, 1.807) is 14.2 Å². The second-order valence-electron chi connectivity index (χ2n) is 4.02. The van der Waals surface area contributed by atoms with Crippen LogP contribution in [0.25, 0.3) is 0 Å². The molecule has 16 heavy (non-hydrogen) atoms. The smallest absolute Gasteiger partial charge is 0.224 e. The van der Waals surface area contributed by atoms with Crippen molar-refractivity contribution in [3.63, 3.8) is 0 Å². The highest BCUT2D eigenvalue weighted by Gasteiger charge is 2.40. The van der Waals surface area contributed by atoms with E-state index in [1.807, 2.05) is 0 Å². The Labute approximate surface area is 96.0 Å². The van der Waals surface area contributed by atoms with Crippen molar-refractivity contribution in [2.24, 2.45) is 11.8 Å². The first-order valence-electron chi connectivity index (χ1n) is 5.05. The summed E-state index contributed by atoms with van der Waals surface area (Å²) in [6, 6.07) is 0. The summed E-state index contributed by atoms with van der Waals surface area (Å²) in [7, 11) is -0.134. The Bertz CT molecular complexity index is 355. The minimum absolute atomic E-state index is 0.0697. The van der Waals surface area contributed by atoms with E-state index >= 15 is 0 Å². The van der Waals surface area contributed by atoms with E-state index in [1.165, 1.54) is 4.31 Å². The first-order valence-corrected chi connectivity index (χ1v) is 6.90. The molecule has 6 nitrogen and oxygen atoms in total. The largest absolute Gasteiger partial charge is 0.384 e. The number of nitrogens with one attached hydrogen (secondary N) is 1. The summed E-state index contributed by atoms with van der Waals surface area (Å²) in [5.41, 5.74) is 0. The summed E-state index contributed by atoms with van der Waals surface area (Å²) in [6.45, 7) is 0.988. The number of hydrogen-bond donors (Lipinski definition) is 1. The molecule has 0 aromatic carbocycles. The molecule has 0 bridgehead atoms. The number of ether oxygens (including phenoxy) is 1. The lowest BCUT2D eigenvalue weighted by molar-refractivity contribution is -0.125. The average Bonchev–Trinajstić information content (AvgIpc) is 2.61. The topological polar surface area (TPSA) is 75.7 Å². The molecule has 94 valence electrons. The highest BCUT2D eigenvalue weighted by atomic mass is 32.2. The lowest BCUT2D eigenvalue weighted by Gasteiger charge is -2.15. The third-order valence-electron chi connectivity index (χ3n) is 2.84. The summed E-state index contributed by atoms with van der Waals surface area (Å²) >= 11 is 0. The summed E-state index contributed by atoms with van der Waals surface area (Å²) in [4.78, 5) is 11.6. The first-order chi connectivity index (χ1) is 7.40. The van der Waals surface area contributed by atoms with E-state index in [-0.39, 0.29) is 24.3 Å². The maximum absolute atomic E-state index is 11.6. The molecule has 1 heterocycles. The van der Waals surface area contributed by atoms with Crippen molar-refractivity contribution in [1.82, 2.24) is 9.62 Å². The zero-order valence-electron chi connectivity index (χ0n) is 9.76. The fraction of sp³-hybridized carbons (Fsp3) is 0.889. The predicted molar refractivity (Wildman–Crippen MR) is 59.3 cm³/mol. The minimum atomic E-state index is -3.23. The van der Waals surface area contributed by atoms with Crippen molar-refractivity contribution in [3.8, 4) is 0 Å². The molecule has 0 aromatic heterocycles. The second-order valence-corrected chi connectivity index (χ2v) is 6.00. The normalized spacial score (nSPS) is 26.9. The lowest BCUT2D eigenvalue weighted by atomic mass is 9.96. The van der Waals surface area contributed by atoms with Gasteiger partial charge < -0.3 is 10.1 Å². The van der Waals surface area contributed by atoms with E-state index in [4.69, 9.17) is 4.74 Å². The van der Waals surface area contributed by atoms with Gasteiger partial charge in [-0.3, -0.25) is 4.79 Å². The van der Waals surface area contributed by atoms with Crippen molar-refractivity contribution in [1.29, 1.82) is 0 Å². The van der Waals surface area contributed by atoms with Crippen molar-refractivity contribution < 1.29 is 17.9 Å². The van der Waals surface area contributed by atoms with Gasteiger partial charge in [0.1, 0.15) is 0 Å². The monoisotopic (exact) mass is 250 g/mol. The molecule has 7 heteroatoms. The van der Waals surface area contributed by atoms with E-state index in [0.717, 1.165) is 6.26 Å². The number of amides is 1. The van der Waals surface area contributed by atoms with Crippen LogP contribution >= 0.6 is 0 Å². The molecule has 1 fully saturated rings. The zero-order valence-corrected chi connectivity index (χ0v) is 10.6. The van der Waals surface area contributed by atoms with E-state index in [2.05, 4.69) is 5.32 Å². The molecule has 0 radical (unpaired) electrons. The quantitative estimate of drug-likeness (QED) is 0.686. The van der Waals surface area contributed by atoms with Crippen LogP contribution in [0.4, 0.5) is 0 Å². The Balaban J connectivity index is 2.79. The molecule has 1 aliphatic heterocycles. The summed E-state index contributed by atoms with van der Waals surface area (Å²) in [5, 5.41) is 2.55. The minimum Gasteiger partial charge on any atom is -0.384 e. The van der Waals surface area contributed by atoms with Gasteiger partial charge in [-0.15, -0.1) is 0 Å². The number of hydrogen-bond acceptors (Lipinski definition) is 4. The highest BCUT2D eigenvalue weighted by molar-refractivity contribution is 7.88. The molecule has 2 atom stereocenters. The van der Waals surface area contributed by atoms with Gasteiger partial charge in [0.15, 0.2) is 0 Å². The Morgan fingerprint density at radius 1 is 1.50 bits per heavy atom. The number of sulfonamides is 1. The third-order valence-corrected chi connectivity index (χ3v) is 4.08. The van der Waals surface area contributed by atoms with Crippen molar-refractivity contribution in [3.05, 3.63) is 0 Å². The van der Waals surface area contributed by atoms with Crippen LogP contribution in [-0.4, -0.2) is 58.7 Å². The average molecular weight is 250 g/mol. The number of rotatable bonds is 4. The highest BCUT2D eigenvalue weighted by Crippen LogP contribution is 2.25. The molecule has 1 aliphatic rings. The van der Waals surface area contributed by atoms with Crippen LogP contribution < -0.4 is 5.32 Å². The standard InChI is InChI=1S/C9H18N2O4S/c1-10-9(12)8-5-11(16(3,13)14)4-7(8)6-15-2/h7-8H,4-6H2,1-3H3,(H,10,12)/t7-,8+/m0/s1. The number of carbonyl (C=O) groups excluding carboxylic acids is 1. The predicted octanol–water partition coefficient (Wildman–Crippen LogP) is -1.11. The van der Waals surface area contributed by atoms with Crippen molar-refractivity contribution >= 4 is 15.9 Å². The van der Waals surface area contributed by atoms with Crippen LogP contribution in [-0.2, 0) is 19.6 Å². The Morgan fingerprint density at radius 3 is 2.56 bits per heavy atom. The molecular weight excluding hydrogens is 232 g/mol. The Hall–Kier alpha value is -0.660. The molecule has 1 rings (SSSR count). The first kappa shape index (κ1) is 13.4. The van der Waals surface area contributed by atoms with Crippen LogP contribution in [0, 0.1) is 11.8 Å². The van der Waals surface area contributed by atoms with Crippen molar-refractivity contribution in [2.75, 3.05) is 40.1 Å². The fourth-order valence-corrected chi connectivity index (χ4v) is 2.86. The Kier molecular flexibility index (Phi) is 4.28. The maximum Gasteiger partial charge on any atom is 0.224 e. The van der Waals surface area contributed by atoms with Crippen LogP contribution in [0.15, 0.2) is 0 Å². The molecule has 0 spiro atoms. The molecule has 1 saturated heterocycles. The van der Waals surface area contributed by atoms with Gasteiger partial charge in [-0.2, -0.15) is 0 Å². The molecule has 0 aliphatic carbocycles. The molecular formula is C9H18N2O4S. The second kappa shape index (κ2) is 5.11. The van der Waals surface area contributed by atoms with Gasteiger partial charge in [0.25, 0.3) is 0 Å². The van der Waals surface area contributed by atoms with Crippen LogP contribution in [0.3, 0.4) is 0 Å². The van der Waals surface area contributed by atoms with Gasteiger partial charge in [0.05, 0.1) is 18.8 Å². The number of methoxy groups -OCH3 is 1. The number of nitrogens with zero attached hydrogens (tertiary/aromatic N) is 1. The maximum atomic E-state index is 11.6. The van der Waals surface area contributed by atoms with E-state index in [0.29, 0.717) is 13.2 Å². The van der Waals surface area contributed by atoms with Crippen molar-refractivity contribution in [2.45, 2.75) is 0 Å². The Morgan fingerprint density at radius 2 is 2.12 bits per heavy atom. The summed E-state index contributed by atoms with van der Waals surface area (Å²) in [6.07, 6.45) is 1.16. The van der Waals surface area contributed by atoms with Crippen LogP contribution in [0.2, 0.25) is 0 Å². The molecule has 0 aromatic rings. The van der Waals surface area contributed by atoms with E-state index < -0.39 is 10.0 Å². The van der Waals surface area contributed by atoms with Gasteiger partial charge in [-0.1, -0.05) is 0 Å². The van der Waals surface area contributed by atoms with Gasteiger partial charge in [-0.05, 0) is 0 Å². The van der Waals surface area contributed by atoms with Gasteiger partial charge in [0.2, 0.25) is 15.9 Å². The zero-order chi connectivity index (χ0) is 12.3. The molecule has 1 amide bonds. The summed E-state index contributed by atoms with van der Waals surface area (Å²) < 4.78 is 29.1. The summed E-state index contributed by atoms with van der Waals surface area (Å²) in [5.74, 6) is -0.521. The van der Waals surface area contributed by atoms with Gasteiger partial charge >= 0.3 is 0 Å². The SMILES string of the molecule is CNC(=O)[C@@H]1CN(S(C)(=O)=O)C[C@H]1COC. The molecule has 0 unspecified atom stereocenters.